The summed E-state index contributed by atoms with van der Waals surface area (Å²) in [6.45, 7) is 4.90. The standard InChI is InChI=1S/C26H21N2O2/c1-16-11-17(2)13-18(12-16)15-28-22-6-3-5-21(26(27)29)25(22)20-9-8-19(14-23(20)28)24-7-4-10-30-24/h3-8,10-14H,15H2,1-2H3,(H2,27,29). The molecule has 4 heteroatoms. The number of carbonyl (C=O) groups excluding carboxylic acids is 1. The molecule has 0 spiro atoms. The zero-order chi connectivity index (χ0) is 20.8. The van der Waals surface area contributed by atoms with Crippen LogP contribution < -0.4 is 5.73 Å². The van der Waals surface area contributed by atoms with Crippen LogP contribution in [0, 0.1) is 19.9 Å². The van der Waals surface area contributed by atoms with Gasteiger partial charge in [-0.15, -0.1) is 0 Å². The molecular formula is C26H21N2O2. The number of furan rings is 1. The minimum Gasteiger partial charge on any atom is -0.464 e. The van der Waals surface area contributed by atoms with Gasteiger partial charge >= 0.3 is 0 Å². The number of benzene rings is 3. The Balaban J connectivity index is 1.82. The Bertz CT molecular complexity index is 1390. The highest BCUT2D eigenvalue weighted by Gasteiger charge is 2.18. The van der Waals surface area contributed by atoms with Gasteiger partial charge in [0, 0.05) is 28.4 Å². The van der Waals surface area contributed by atoms with E-state index < -0.39 is 5.91 Å². The van der Waals surface area contributed by atoms with E-state index in [1.165, 1.54) is 16.7 Å². The lowest BCUT2D eigenvalue weighted by molar-refractivity contribution is 0.100. The Hall–Kier alpha value is -3.79. The lowest BCUT2D eigenvalue weighted by Crippen LogP contribution is -2.11. The van der Waals surface area contributed by atoms with Crippen LogP contribution in [-0.4, -0.2) is 10.5 Å². The minimum absolute atomic E-state index is 0.436. The van der Waals surface area contributed by atoms with Crippen molar-refractivity contribution in [1.82, 2.24) is 4.57 Å². The molecule has 5 aromatic rings. The van der Waals surface area contributed by atoms with Crippen LogP contribution >= 0.6 is 0 Å². The topological polar surface area (TPSA) is 61.2 Å². The van der Waals surface area contributed by atoms with Crippen LogP contribution in [0.2, 0.25) is 0 Å². The van der Waals surface area contributed by atoms with Crippen LogP contribution in [-0.2, 0) is 6.54 Å². The van der Waals surface area contributed by atoms with Gasteiger partial charge in [0.1, 0.15) is 5.76 Å². The van der Waals surface area contributed by atoms with Gasteiger partial charge in [0.15, 0.2) is 0 Å². The molecular weight excluding hydrogens is 372 g/mol. The number of aromatic nitrogens is 1. The molecule has 0 unspecified atom stereocenters. The summed E-state index contributed by atoms with van der Waals surface area (Å²) in [6.07, 6.45) is 1.66. The molecule has 3 aromatic carbocycles. The average molecular weight is 393 g/mol. The fraction of sp³-hybridized carbons (Fsp3) is 0.115. The van der Waals surface area contributed by atoms with Crippen molar-refractivity contribution in [3.8, 4) is 11.3 Å². The smallest absolute Gasteiger partial charge is 0.249 e. The van der Waals surface area contributed by atoms with Crippen molar-refractivity contribution in [3.05, 3.63) is 95.2 Å². The van der Waals surface area contributed by atoms with Gasteiger partial charge in [-0.1, -0.05) is 35.4 Å². The molecule has 147 valence electrons. The fourth-order valence-corrected chi connectivity index (χ4v) is 4.36. The van der Waals surface area contributed by atoms with Gasteiger partial charge in [-0.3, -0.25) is 4.79 Å². The van der Waals surface area contributed by atoms with Crippen molar-refractivity contribution < 1.29 is 9.21 Å². The van der Waals surface area contributed by atoms with Gasteiger partial charge in [0.05, 0.1) is 17.3 Å². The van der Waals surface area contributed by atoms with Gasteiger partial charge in [0.25, 0.3) is 0 Å². The molecule has 1 radical (unpaired) electrons. The predicted molar refractivity (Wildman–Crippen MR) is 120 cm³/mol. The van der Waals surface area contributed by atoms with Crippen LogP contribution in [0.15, 0.2) is 71.3 Å². The summed E-state index contributed by atoms with van der Waals surface area (Å²) in [5.74, 6) is 0.348. The van der Waals surface area contributed by atoms with E-state index in [4.69, 9.17) is 10.2 Å². The Labute approximate surface area is 174 Å². The second kappa shape index (κ2) is 6.92. The SMILES string of the molecule is Cc1cc(C)cc(Cn2c3cc(-c4ccco4)c[c]c3c3c(C(N)=O)cccc32)c1. The van der Waals surface area contributed by atoms with E-state index in [1.807, 2.05) is 30.3 Å². The highest BCUT2D eigenvalue weighted by Crippen LogP contribution is 2.35. The number of hydrogen-bond acceptors (Lipinski definition) is 2. The molecule has 2 aromatic heterocycles. The summed E-state index contributed by atoms with van der Waals surface area (Å²) in [4.78, 5) is 12.2. The van der Waals surface area contributed by atoms with E-state index >= 15 is 0 Å². The summed E-state index contributed by atoms with van der Waals surface area (Å²) in [7, 11) is 0. The molecule has 5 rings (SSSR count). The molecule has 30 heavy (non-hydrogen) atoms. The number of nitrogens with zero attached hydrogens (tertiary/aromatic N) is 1. The number of rotatable bonds is 4. The number of fused-ring (bicyclic) bond motifs is 3. The lowest BCUT2D eigenvalue weighted by Gasteiger charge is -2.10. The quantitative estimate of drug-likeness (QED) is 0.431. The molecule has 0 atom stereocenters. The Kier molecular flexibility index (Phi) is 4.21. The van der Waals surface area contributed by atoms with E-state index in [-0.39, 0.29) is 0 Å². The van der Waals surface area contributed by atoms with E-state index in [2.05, 4.69) is 48.7 Å². The van der Waals surface area contributed by atoms with Crippen molar-refractivity contribution in [2.75, 3.05) is 0 Å². The first-order valence-electron chi connectivity index (χ1n) is 9.89. The molecule has 0 saturated carbocycles. The molecule has 0 aliphatic rings. The Morgan fingerprint density at radius 1 is 1.03 bits per heavy atom. The summed E-state index contributed by atoms with van der Waals surface area (Å²) < 4.78 is 7.82. The second-order valence-corrected chi connectivity index (χ2v) is 7.77. The number of aryl methyl sites for hydroxylation is 2. The molecule has 0 aliphatic carbocycles. The average Bonchev–Trinajstić information content (AvgIpc) is 3.34. The molecule has 0 bridgehead atoms. The number of primary amides is 1. The first kappa shape index (κ1) is 18.3. The monoisotopic (exact) mass is 393 g/mol. The minimum atomic E-state index is -0.436. The summed E-state index contributed by atoms with van der Waals surface area (Å²) in [5, 5.41) is 1.73. The van der Waals surface area contributed by atoms with Gasteiger partial charge < -0.3 is 14.7 Å². The van der Waals surface area contributed by atoms with Crippen LogP contribution in [0.5, 0.6) is 0 Å². The van der Waals surface area contributed by atoms with Gasteiger partial charge in [-0.25, -0.2) is 0 Å². The van der Waals surface area contributed by atoms with E-state index in [1.54, 1.807) is 12.3 Å². The molecule has 1 amide bonds. The molecule has 4 nitrogen and oxygen atoms in total. The number of hydrogen-bond donors (Lipinski definition) is 1. The predicted octanol–water partition coefficient (Wildman–Crippen LogP) is 5.62. The van der Waals surface area contributed by atoms with Crippen LogP contribution in [0.25, 0.3) is 33.1 Å². The van der Waals surface area contributed by atoms with Gasteiger partial charge in [-0.05, 0) is 61.9 Å². The van der Waals surface area contributed by atoms with E-state index in [0.29, 0.717) is 12.1 Å². The molecule has 2 heterocycles. The van der Waals surface area contributed by atoms with Crippen molar-refractivity contribution in [2.45, 2.75) is 20.4 Å². The number of amides is 1. The van der Waals surface area contributed by atoms with Gasteiger partial charge in [-0.2, -0.15) is 0 Å². The number of carbonyl (C=O) groups is 1. The van der Waals surface area contributed by atoms with E-state index in [0.717, 1.165) is 33.1 Å². The fourth-order valence-electron chi connectivity index (χ4n) is 4.36. The van der Waals surface area contributed by atoms with E-state index in [9.17, 15) is 4.79 Å². The summed E-state index contributed by atoms with van der Waals surface area (Å²) in [5.41, 5.74) is 12.8. The van der Waals surface area contributed by atoms with Crippen molar-refractivity contribution >= 4 is 27.7 Å². The number of nitrogens with two attached hydrogens (primary N) is 1. The highest BCUT2D eigenvalue weighted by molar-refractivity contribution is 6.18. The second-order valence-electron chi connectivity index (χ2n) is 7.77. The van der Waals surface area contributed by atoms with Crippen molar-refractivity contribution in [3.63, 3.8) is 0 Å². The third kappa shape index (κ3) is 2.98. The summed E-state index contributed by atoms with van der Waals surface area (Å²) >= 11 is 0. The van der Waals surface area contributed by atoms with Crippen molar-refractivity contribution in [2.24, 2.45) is 5.73 Å². The Morgan fingerprint density at radius 2 is 1.83 bits per heavy atom. The third-order valence-corrected chi connectivity index (χ3v) is 5.49. The maximum absolute atomic E-state index is 12.2. The Morgan fingerprint density at radius 3 is 2.53 bits per heavy atom. The lowest BCUT2D eigenvalue weighted by atomic mass is 10.0. The largest absolute Gasteiger partial charge is 0.464 e. The normalized spacial score (nSPS) is 11.4. The molecule has 2 N–H and O–H groups in total. The maximum atomic E-state index is 12.2. The molecule has 0 fully saturated rings. The van der Waals surface area contributed by atoms with Crippen LogP contribution in [0.1, 0.15) is 27.0 Å². The molecule has 0 saturated heterocycles. The van der Waals surface area contributed by atoms with Crippen LogP contribution in [0.4, 0.5) is 0 Å². The van der Waals surface area contributed by atoms with Crippen LogP contribution in [0.3, 0.4) is 0 Å². The summed E-state index contributed by atoms with van der Waals surface area (Å²) in [6, 6.07) is 23.4. The van der Waals surface area contributed by atoms with Crippen molar-refractivity contribution in [1.29, 1.82) is 0 Å². The third-order valence-electron chi connectivity index (χ3n) is 5.49. The first-order valence-corrected chi connectivity index (χ1v) is 9.89. The zero-order valence-corrected chi connectivity index (χ0v) is 16.9. The first-order chi connectivity index (χ1) is 14.5. The highest BCUT2D eigenvalue weighted by atomic mass is 16.3. The maximum Gasteiger partial charge on any atom is 0.249 e. The molecule has 0 aliphatic heterocycles. The van der Waals surface area contributed by atoms with Gasteiger partial charge in [0.2, 0.25) is 5.91 Å². The zero-order valence-electron chi connectivity index (χ0n) is 16.9.